The number of carbonyl (C=O) groups excluding carboxylic acids is 2. The van der Waals surface area contributed by atoms with Crippen molar-refractivity contribution < 1.29 is 14.0 Å². The molecule has 5 rings (SSSR count). The fourth-order valence-corrected chi connectivity index (χ4v) is 5.26. The van der Waals surface area contributed by atoms with Gasteiger partial charge in [0.1, 0.15) is 5.52 Å². The molecule has 3 aliphatic rings. The van der Waals surface area contributed by atoms with Crippen LogP contribution in [0.15, 0.2) is 38.9 Å². The van der Waals surface area contributed by atoms with E-state index in [0.717, 1.165) is 43.0 Å². The molecule has 2 aromatic rings. The van der Waals surface area contributed by atoms with Crippen LogP contribution in [0, 0.1) is 0 Å². The molecule has 31 heavy (non-hydrogen) atoms. The van der Waals surface area contributed by atoms with Crippen LogP contribution in [0.25, 0.3) is 11.1 Å². The summed E-state index contributed by atoms with van der Waals surface area (Å²) in [7, 11) is 3.26. The molecule has 0 bridgehead atoms. The summed E-state index contributed by atoms with van der Waals surface area (Å²) in [4.78, 5) is 42.0. The van der Waals surface area contributed by atoms with Gasteiger partial charge in [0.05, 0.1) is 0 Å². The number of aliphatic imine (C=N–C) groups is 1. The fraction of sp³-hybridized carbons (Fsp3) is 0.524. The third-order valence-corrected chi connectivity index (χ3v) is 6.97. The summed E-state index contributed by atoms with van der Waals surface area (Å²) in [5.74, 6) is 1.32. The number of aromatic nitrogens is 1. The number of para-hydroxylation sites is 2. The lowest BCUT2D eigenvalue weighted by atomic mass is 10.1. The van der Waals surface area contributed by atoms with Gasteiger partial charge in [-0.05, 0) is 31.4 Å². The summed E-state index contributed by atoms with van der Waals surface area (Å²) in [6.07, 6.45) is 2.96. The van der Waals surface area contributed by atoms with Crippen LogP contribution in [0.5, 0.6) is 0 Å². The summed E-state index contributed by atoms with van der Waals surface area (Å²) in [5.41, 5.74) is 1.61. The Labute approximate surface area is 185 Å². The number of guanidine groups is 1. The molecule has 2 saturated heterocycles. The van der Waals surface area contributed by atoms with E-state index in [9.17, 15) is 9.59 Å². The molecule has 0 aliphatic carbocycles. The van der Waals surface area contributed by atoms with Crippen molar-refractivity contribution in [2.75, 3.05) is 39.5 Å². The number of piperidine rings is 1. The summed E-state index contributed by atoms with van der Waals surface area (Å²) < 4.78 is 5.82. The monoisotopic (exact) mass is 442 g/mol. The zero-order valence-electron chi connectivity index (χ0n) is 17.7. The molecule has 4 heterocycles. The predicted octanol–water partition coefficient (Wildman–Crippen LogP) is 2.30. The number of rotatable bonds is 4. The number of fused-ring (bicyclic) bond motifs is 2. The van der Waals surface area contributed by atoms with Gasteiger partial charge in [0, 0.05) is 39.5 Å². The van der Waals surface area contributed by atoms with Crippen molar-refractivity contribution in [1.29, 1.82) is 0 Å². The number of thioether (sulfide) groups is 1. The second-order valence-corrected chi connectivity index (χ2v) is 9.16. The minimum absolute atomic E-state index is 0.198. The van der Waals surface area contributed by atoms with Crippen molar-refractivity contribution in [3.63, 3.8) is 0 Å². The molecule has 10 heteroatoms. The molecule has 9 nitrogen and oxygen atoms in total. The molecular weight excluding hydrogens is 416 g/mol. The maximum Gasteiger partial charge on any atom is 0.328 e. The van der Waals surface area contributed by atoms with Gasteiger partial charge in [-0.3, -0.25) is 9.69 Å². The normalized spacial score (nSPS) is 24.3. The van der Waals surface area contributed by atoms with E-state index >= 15 is 0 Å². The van der Waals surface area contributed by atoms with Gasteiger partial charge in [-0.15, -0.1) is 0 Å². The number of hydrogen-bond donors (Lipinski definition) is 0. The Morgan fingerprint density at radius 2 is 1.90 bits per heavy atom. The molecule has 1 aromatic heterocycles. The van der Waals surface area contributed by atoms with Crippen molar-refractivity contribution >= 4 is 40.8 Å². The first-order valence-corrected chi connectivity index (χ1v) is 11.7. The third-order valence-electron chi connectivity index (χ3n) is 6.16. The van der Waals surface area contributed by atoms with Crippen molar-refractivity contribution in [1.82, 2.24) is 24.6 Å². The number of nitrogens with zero attached hydrogens (tertiary/aromatic N) is 6. The van der Waals surface area contributed by atoms with Gasteiger partial charge in [-0.1, -0.05) is 23.9 Å². The first-order chi connectivity index (χ1) is 15.0. The Kier molecular flexibility index (Phi) is 5.25. The van der Waals surface area contributed by atoms with E-state index in [1.165, 1.54) is 23.1 Å². The quantitative estimate of drug-likeness (QED) is 0.672. The van der Waals surface area contributed by atoms with E-state index in [2.05, 4.69) is 14.8 Å². The Hall–Kier alpha value is -2.75. The molecule has 0 spiro atoms. The molecule has 2 unspecified atom stereocenters. The van der Waals surface area contributed by atoms with Crippen LogP contribution in [-0.4, -0.2) is 94.2 Å². The zero-order chi connectivity index (χ0) is 21.5. The highest BCUT2D eigenvalue weighted by atomic mass is 32.2. The van der Waals surface area contributed by atoms with Crippen LogP contribution in [0.1, 0.15) is 19.3 Å². The number of urea groups is 1. The van der Waals surface area contributed by atoms with Gasteiger partial charge < -0.3 is 19.1 Å². The Morgan fingerprint density at radius 3 is 2.68 bits per heavy atom. The number of amides is 3. The zero-order valence-corrected chi connectivity index (χ0v) is 18.5. The number of likely N-dealkylation sites (tertiary alicyclic amines) is 1. The van der Waals surface area contributed by atoms with Gasteiger partial charge in [-0.25, -0.2) is 14.8 Å². The van der Waals surface area contributed by atoms with E-state index in [1.54, 1.807) is 19.0 Å². The van der Waals surface area contributed by atoms with Crippen LogP contribution < -0.4 is 0 Å². The molecule has 3 aliphatic heterocycles. The van der Waals surface area contributed by atoms with E-state index in [4.69, 9.17) is 9.41 Å². The lowest BCUT2D eigenvalue weighted by Crippen LogP contribution is -2.64. The first kappa shape index (κ1) is 20.2. The molecule has 0 N–H and O–H groups in total. The van der Waals surface area contributed by atoms with E-state index in [0.29, 0.717) is 17.5 Å². The van der Waals surface area contributed by atoms with Crippen LogP contribution in [0.2, 0.25) is 0 Å². The summed E-state index contributed by atoms with van der Waals surface area (Å²) in [6, 6.07) is 6.90. The standard InChI is InChI=1S/C21H26N6O3S/c1-24-17-16(18(28)25(2)21(24)29)27(19(23-17)26-10-6-3-7-11-26)12-13-31-20-22-14-8-4-5-9-15(14)30-20/h4-5,8-9,16-17H,3,6-7,10-13H2,1-2H3. The Morgan fingerprint density at radius 1 is 1.13 bits per heavy atom. The molecule has 0 radical (unpaired) electrons. The van der Waals surface area contributed by atoms with Crippen molar-refractivity contribution in [2.45, 2.75) is 36.7 Å². The number of likely N-dealkylation sites (N-methyl/N-ethyl adjacent to an activating group) is 2. The highest BCUT2D eigenvalue weighted by Crippen LogP contribution is 2.30. The second-order valence-electron chi connectivity index (χ2n) is 8.12. The van der Waals surface area contributed by atoms with Crippen LogP contribution in [0.3, 0.4) is 0 Å². The van der Waals surface area contributed by atoms with Gasteiger partial charge in [-0.2, -0.15) is 0 Å². The molecule has 2 fully saturated rings. The second kappa shape index (κ2) is 8.07. The molecule has 2 atom stereocenters. The van der Waals surface area contributed by atoms with Crippen molar-refractivity contribution in [3.8, 4) is 0 Å². The van der Waals surface area contributed by atoms with Gasteiger partial charge in [0.25, 0.3) is 11.1 Å². The predicted molar refractivity (Wildman–Crippen MR) is 118 cm³/mol. The minimum Gasteiger partial charge on any atom is -0.431 e. The lowest BCUT2D eigenvalue weighted by molar-refractivity contribution is -0.136. The topological polar surface area (TPSA) is 85.5 Å². The molecule has 164 valence electrons. The van der Waals surface area contributed by atoms with E-state index in [-0.39, 0.29) is 11.9 Å². The Balaban J connectivity index is 1.36. The van der Waals surface area contributed by atoms with Gasteiger partial charge in [0.2, 0.25) is 0 Å². The van der Waals surface area contributed by atoms with Crippen molar-refractivity contribution in [2.24, 2.45) is 4.99 Å². The molecule has 1 aromatic carbocycles. The van der Waals surface area contributed by atoms with Crippen LogP contribution in [0.4, 0.5) is 4.79 Å². The minimum atomic E-state index is -0.492. The molecule has 3 amide bonds. The maximum atomic E-state index is 13.1. The number of imide groups is 1. The number of oxazole rings is 1. The fourth-order valence-electron chi connectivity index (χ4n) is 4.49. The molecule has 0 saturated carbocycles. The number of hydrogen-bond acceptors (Lipinski definition) is 8. The molecular formula is C21H26N6O3S. The maximum absolute atomic E-state index is 13.1. The average Bonchev–Trinajstić information content (AvgIpc) is 3.38. The van der Waals surface area contributed by atoms with E-state index < -0.39 is 12.2 Å². The first-order valence-electron chi connectivity index (χ1n) is 10.7. The highest BCUT2D eigenvalue weighted by Gasteiger charge is 2.51. The highest BCUT2D eigenvalue weighted by molar-refractivity contribution is 7.99. The van der Waals surface area contributed by atoms with Crippen molar-refractivity contribution in [3.05, 3.63) is 24.3 Å². The third kappa shape index (κ3) is 3.52. The lowest BCUT2D eigenvalue weighted by Gasteiger charge is -2.41. The summed E-state index contributed by atoms with van der Waals surface area (Å²) in [6.45, 7) is 2.46. The number of benzene rings is 1. The van der Waals surface area contributed by atoms with Crippen LogP contribution >= 0.6 is 11.8 Å². The van der Waals surface area contributed by atoms with Gasteiger partial charge in [0.15, 0.2) is 23.8 Å². The summed E-state index contributed by atoms with van der Waals surface area (Å²) >= 11 is 1.53. The summed E-state index contributed by atoms with van der Waals surface area (Å²) in [5, 5.41) is 0.618. The van der Waals surface area contributed by atoms with E-state index in [1.807, 2.05) is 24.3 Å². The number of carbonyl (C=O) groups is 2. The SMILES string of the molecule is CN1C(=O)C2C(N=C(N3CCCCC3)N2CCSc2nc3ccccc3o2)N(C)C1=O. The average molecular weight is 443 g/mol. The smallest absolute Gasteiger partial charge is 0.328 e. The van der Waals surface area contributed by atoms with Crippen LogP contribution in [-0.2, 0) is 4.79 Å². The van der Waals surface area contributed by atoms with Gasteiger partial charge >= 0.3 is 6.03 Å². The Bertz CT molecular complexity index is 1000. The largest absolute Gasteiger partial charge is 0.431 e.